The zero-order chi connectivity index (χ0) is 18.4. The first-order chi connectivity index (χ1) is 12.7. The monoisotopic (exact) mass is 351 g/mol. The lowest BCUT2D eigenvalue weighted by atomic mass is 10.1. The van der Waals surface area contributed by atoms with Gasteiger partial charge in [-0.25, -0.2) is 4.98 Å². The second-order valence-corrected chi connectivity index (χ2v) is 6.26. The molecule has 0 aliphatic heterocycles. The third-order valence-electron chi connectivity index (χ3n) is 4.48. The van der Waals surface area contributed by atoms with Gasteiger partial charge in [-0.15, -0.1) is 0 Å². The Balaban J connectivity index is 1.74. The molecule has 6 nitrogen and oxygen atoms in total. The standard InChI is InChI=1S/C20H25N5O/c1-3-24(4-2)15-16-6-8-17(9-7-16)20-22-18(14-19(26)23-20)10-13-25-12-5-11-21-25/h5-9,11-12,14H,3-4,10,13,15H2,1-2H3,(H,22,23,26). The number of benzene rings is 1. The van der Waals surface area contributed by atoms with Crippen LogP contribution in [0.4, 0.5) is 0 Å². The molecule has 0 amide bonds. The van der Waals surface area contributed by atoms with Crippen molar-refractivity contribution in [1.82, 2.24) is 24.6 Å². The van der Waals surface area contributed by atoms with Crippen molar-refractivity contribution in [3.63, 3.8) is 0 Å². The van der Waals surface area contributed by atoms with Crippen molar-refractivity contribution in [2.45, 2.75) is 33.4 Å². The third kappa shape index (κ3) is 4.67. The van der Waals surface area contributed by atoms with Crippen molar-refractivity contribution in [3.05, 3.63) is 70.4 Å². The summed E-state index contributed by atoms with van der Waals surface area (Å²) < 4.78 is 1.84. The van der Waals surface area contributed by atoms with Crippen LogP contribution in [0, 0.1) is 0 Å². The molecule has 6 heteroatoms. The Hall–Kier alpha value is -2.73. The predicted molar refractivity (Wildman–Crippen MR) is 103 cm³/mol. The minimum atomic E-state index is -0.127. The Kier molecular flexibility index (Phi) is 5.96. The molecule has 0 radical (unpaired) electrons. The van der Waals surface area contributed by atoms with Gasteiger partial charge in [-0.1, -0.05) is 38.1 Å². The maximum Gasteiger partial charge on any atom is 0.251 e. The lowest BCUT2D eigenvalue weighted by molar-refractivity contribution is 0.296. The average molecular weight is 351 g/mol. The topological polar surface area (TPSA) is 66.8 Å². The minimum Gasteiger partial charge on any atom is -0.307 e. The predicted octanol–water partition coefficient (Wildman–Crippen LogP) is 2.72. The Morgan fingerprint density at radius 2 is 1.92 bits per heavy atom. The molecule has 1 N–H and O–H groups in total. The van der Waals surface area contributed by atoms with E-state index in [1.807, 2.05) is 29.1 Å². The summed E-state index contributed by atoms with van der Waals surface area (Å²) in [6, 6.07) is 11.7. The van der Waals surface area contributed by atoms with E-state index in [4.69, 9.17) is 0 Å². The largest absolute Gasteiger partial charge is 0.307 e. The van der Waals surface area contributed by atoms with Crippen molar-refractivity contribution in [1.29, 1.82) is 0 Å². The van der Waals surface area contributed by atoms with Gasteiger partial charge in [0.2, 0.25) is 0 Å². The molecule has 0 fully saturated rings. The van der Waals surface area contributed by atoms with E-state index < -0.39 is 0 Å². The first-order valence-electron chi connectivity index (χ1n) is 9.07. The summed E-state index contributed by atoms with van der Waals surface area (Å²) in [5.41, 5.74) is 2.82. The molecule has 3 aromatic rings. The van der Waals surface area contributed by atoms with E-state index >= 15 is 0 Å². The third-order valence-corrected chi connectivity index (χ3v) is 4.48. The smallest absolute Gasteiger partial charge is 0.251 e. The SMILES string of the molecule is CCN(CC)Cc1ccc(-c2nc(CCn3cccn3)cc(=O)[nH]2)cc1. The van der Waals surface area contributed by atoms with E-state index in [1.54, 1.807) is 12.3 Å². The summed E-state index contributed by atoms with van der Waals surface area (Å²) in [5, 5.41) is 4.18. The fraction of sp³-hybridized carbons (Fsp3) is 0.350. The molecular weight excluding hydrogens is 326 g/mol. The number of aryl methyl sites for hydroxylation is 2. The van der Waals surface area contributed by atoms with Crippen molar-refractivity contribution in [2.75, 3.05) is 13.1 Å². The zero-order valence-electron chi connectivity index (χ0n) is 15.4. The maximum absolute atomic E-state index is 12.0. The fourth-order valence-corrected chi connectivity index (χ4v) is 2.91. The number of hydrogen-bond donors (Lipinski definition) is 1. The number of nitrogens with one attached hydrogen (secondary N) is 1. The molecule has 3 rings (SSSR count). The summed E-state index contributed by atoms with van der Waals surface area (Å²) in [4.78, 5) is 21.8. The van der Waals surface area contributed by atoms with Gasteiger partial charge in [-0.05, 0) is 24.7 Å². The van der Waals surface area contributed by atoms with E-state index in [1.165, 1.54) is 5.56 Å². The van der Waals surface area contributed by atoms with Crippen molar-refractivity contribution >= 4 is 0 Å². The molecule has 26 heavy (non-hydrogen) atoms. The van der Waals surface area contributed by atoms with Crippen LogP contribution in [0.1, 0.15) is 25.1 Å². The van der Waals surface area contributed by atoms with Gasteiger partial charge in [-0.3, -0.25) is 14.4 Å². The van der Waals surface area contributed by atoms with Crippen molar-refractivity contribution < 1.29 is 0 Å². The van der Waals surface area contributed by atoms with Gasteiger partial charge in [0.15, 0.2) is 0 Å². The van der Waals surface area contributed by atoms with Crippen LogP contribution in [0.3, 0.4) is 0 Å². The Morgan fingerprint density at radius 3 is 2.58 bits per heavy atom. The number of aromatic nitrogens is 4. The maximum atomic E-state index is 12.0. The molecule has 0 bridgehead atoms. The quantitative estimate of drug-likeness (QED) is 0.678. The van der Waals surface area contributed by atoms with Crippen molar-refractivity contribution in [2.24, 2.45) is 0 Å². The Labute approximate surface area is 153 Å². The van der Waals surface area contributed by atoms with Crippen molar-refractivity contribution in [3.8, 4) is 11.4 Å². The molecule has 0 saturated heterocycles. The number of aromatic amines is 1. The minimum absolute atomic E-state index is 0.127. The molecule has 0 spiro atoms. The van der Waals surface area contributed by atoms with Gasteiger partial charge >= 0.3 is 0 Å². The lowest BCUT2D eigenvalue weighted by Crippen LogP contribution is -2.22. The Bertz CT molecular complexity index is 864. The van der Waals surface area contributed by atoms with Gasteiger partial charge in [0.05, 0.1) is 5.69 Å². The highest BCUT2D eigenvalue weighted by atomic mass is 16.1. The lowest BCUT2D eigenvalue weighted by Gasteiger charge is -2.18. The summed E-state index contributed by atoms with van der Waals surface area (Å²) >= 11 is 0. The molecule has 0 atom stereocenters. The molecule has 0 aliphatic carbocycles. The van der Waals surface area contributed by atoms with Crippen LogP contribution in [0.5, 0.6) is 0 Å². The van der Waals surface area contributed by atoms with Crippen LogP contribution >= 0.6 is 0 Å². The van der Waals surface area contributed by atoms with Gasteiger partial charge in [0.25, 0.3) is 5.56 Å². The fourth-order valence-electron chi connectivity index (χ4n) is 2.91. The highest BCUT2D eigenvalue weighted by Crippen LogP contribution is 2.16. The molecule has 1 aromatic carbocycles. The number of hydrogen-bond acceptors (Lipinski definition) is 4. The number of H-pyrrole nitrogens is 1. The molecule has 2 heterocycles. The van der Waals surface area contributed by atoms with Gasteiger partial charge in [0, 0.05) is 43.5 Å². The first kappa shape index (κ1) is 18.1. The second kappa shape index (κ2) is 8.58. The summed E-state index contributed by atoms with van der Waals surface area (Å²) in [7, 11) is 0. The normalized spacial score (nSPS) is 11.2. The van der Waals surface area contributed by atoms with Crippen LogP contribution in [0.25, 0.3) is 11.4 Å². The summed E-state index contributed by atoms with van der Waals surface area (Å²) in [6.45, 7) is 8.03. The highest BCUT2D eigenvalue weighted by molar-refractivity contribution is 5.55. The van der Waals surface area contributed by atoms with Crippen LogP contribution in [-0.2, 0) is 19.5 Å². The van der Waals surface area contributed by atoms with Crippen LogP contribution < -0.4 is 5.56 Å². The van der Waals surface area contributed by atoms with E-state index in [-0.39, 0.29) is 5.56 Å². The summed E-state index contributed by atoms with van der Waals surface area (Å²) in [5.74, 6) is 0.613. The molecule has 2 aromatic heterocycles. The van der Waals surface area contributed by atoms with Crippen LogP contribution in [0.15, 0.2) is 53.6 Å². The van der Waals surface area contributed by atoms with E-state index in [2.05, 4.69) is 45.9 Å². The summed E-state index contributed by atoms with van der Waals surface area (Å²) in [6.07, 6.45) is 4.32. The van der Waals surface area contributed by atoms with Gasteiger partial charge in [-0.2, -0.15) is 5.10 Å². The molecule has 0 unspecified atom stereocenters. The van der Waals surface area contributed by atoms with Gasteiger partial charge in [0.1, 0.15) is 5.82 Å². The zero-order valence-corrected chi connectivity index (χ0v) is 15.4. The first-order valence-corrected chi connectivity index (χ1v) is 9.07. The molecule has 0 aliphatic rings. The molecule has 136 valence electrons. The van der Waals surface area contributed by atoms with E-state index in [0.29, 0.717) is 18.8 Å². The number of rotatable bonds is 8. The van der Waals surface area contributed by atoms with E-state index in [9.17, 15) is 4.79 Å². The van der Waals surface area contributed by atoms with Crippen LogP contribution in [-0.4, -0.2) is 37.7 Å². The number of nitrogens with zero attached hydrogens (tertiary/aromatic N) is 4. The average Bonchev–Trinajstić information content (AvgIpc) is 3.18. The molecular formula is C20H25N5O. The van der Waals surface area contributed by atoms with Crippen LogP contribution in [0.2, 0.25) is 0 Å². The second-order valence-electron chi connectivity index (χ2n) is 6.26. The molecule has 0 saturated carbocycles. The van der Waals surface area contributed by atoms with Gasteiger partial charge < -0.3 is 4.98 Å². The van der Waals surface area contributed by atoms with E-state index in [0.717, 1.165) is 30.9 Å². The Morgan fingerprint density at radius 1 is 1.15 bits per heavy atom. The highest BCUT2D eigenvalue weighted by Gasteiger charge is 2.06.